The third-order valence-electron chi connectivity index (χ3n) is 3.06. The van der Waals surface area contributed by atoms with E-state index in [0.717, 1.165) is 24.7 Å². The largest absolute Gasteiger partial charge is 0.384 e. The third kappa shape index (κ3) is 3.35. The van der Waals surface area contributed by atoms with Crippen LogP contribution in [0.2, 0.25) is 0 Å². The van der Waals surface area contributed by atoms with Crippen LogP contribution in [0.1, 0.15) is 25.5 Å². The summed E-state index contributed by atoms with van der Waals surface area (Å²) >= 11 is 0. The van der Waals surface area contributed by atoms with Crippen LogP contribution in [0.15, 0.2) is 36.7 Å². The summed E-state index contributed by atoms with van der Waals surface area (Å²) in [6.07, 6.45) is 4.70. The van der Waals surface area contributed by atoms with Crippen molar-refractivity contribution in [1.82, 2.24) is 9.55 Å². The van der Waals surface area contributed by atoms with Gasteiger partial charge in [-0.15, -0.1) is 0 Å². The number of anilines is 2. The first-order valence-corrected chi connectivity index (χ1v) is 6.59. The highest BCUT2D eigenvalue weighted by Crippen LogP contribution is 2.22. The molecule has 0 saturated heterocycles. The van der Waals surface area contributed by atoms with E-state index in [1.165, 1.54) is 5.56 Å². The summed E-state index contributed by atoms with van der Waals surface area (Å²) in [5.41, 5.74) is 2.33. The van der Waals surface area contributed by atoms with E-state index in [-0.39, 0.29) is 0 Å². The van der Waals surface area contributed by atoms with E-state index in [4.69, 9.17) is 4.74 Å². The molecule has 1 aromatic heterocycles. The van der Waals surface area contributed by atoms with Crippen LogP contribution in [0.25, 0.3) is 0 Å². The summed E-state index contributed by atoms with van der Waals surface area (Å²) in [7, 11) is 1.72. The number of ether oxygens (including phenoxy) is 1. The van der Waals surface area contributed by atoms with Crippen molar-refractivity contribution >= 4 is 11.6 Å². The van der Waals surface area contributed by atoms with Gasteiger partial charge in [-0.2, -0.15) is 0 Å². The maximum absolute atomic E-state index is 5.15. The van der Waals surface area contributed by atoms with Gasteiger partial charge in [-0.25, -0.2) is 4.98 Å². The molecule has 0 spiro atoms. The Balaban J connectivity index is 2.20. The number of hydrogen-bond acceptors (Lipinski definition) is 3. The van der Waals surface area contributed by atoms with Gasteiger partial charge in [0, 0.05) is 31.2 Å². The summed E-state index contributed by atoms with van der Waals surface area (Å²) in [5.74, 6) is 0.875. The van der Waals surface area contributed by atoms with Crippen LogP contribution in [-0.4, -0.2) is 23.3 Å². The van der Waals surface area contributed by atoms with Gasteiger partial charge in [0.2, 0.25) is 5.95 Å². The van der Waals surface area contributed by atoms with E-state index in [9.17, 15) is 0 Å². The molecule has 1 aromatic carbocycles. The molecular weight excluding hydrogens is 238 g/mol. The number of nitrogens with one attached hydrogen (secondary N) is 1. The SMILES string of the molecule is COCCc1ccccc1Nc1nccn1C(C)C. The van der Waals surface area contributed by atoms with Crippen LogP contribution in [0.3, 0.4) is 0 Å². The monoisotopic (exact) mass is 259 g/mol. The van der Waals surface area contributed by atoms with Gasteiger partial charge in [0.25, 0.3) is 0 Å². The second-order valence-electron chi connectivity index (χ2n) is 4.78. The molecule has 0 amide bonds. The zero-order valence-electron chi connectivity index (χ0n) is 11.8. The van der Waals surface area contributed by atoms with Crippen LogP contribution < -0.4 is 5.32 Å². The topological polar surface area (TPSA) is 39.1 Å². The number of aromatic nitrogens is 2. The minimum absolute atomic E-state index is 0.385. The molecule has 19 heavy (non-hydrogen) atoms. The molecule has 0 aliphatic heterocycles. The van der Waals surface area contributed by atoms with Crippen LogP contribution in [0, 0.1) is 0 Å². The average Bonchev–Trinajstić information content (AvgIpc) is 2.86. The molecule has 0 bridgehead atoms. The number of benzene rings is 1. The number of methoxy groups -OCH3 is 1. The van der Waals surface area contributed by atoms with Crippen LogP contribution in [0.4, 0.5) is 11.6 Å². The predicted molar refractivity (Wildman–Crippen MR) is 77.9 cm³/mol. The molecule has 4 heteroatoms. The van der Waals surface area contributed by atoms with E-state index < -0.39 is 0 Å². The first-order valence-electron chi connectivity index (χ1n) is 6.59. The molecule has 0 unspecified atom stereocenters. The molecule has 1 N–H and O–H groups in total. The van der Waals surface area contributed by atoms with E-state index in [1.807, 2.05) is 24.5 Å². The number of rotatable bonds is 6. The van der Waals surface area contributed by atoms with Gasteiger partial charge in [0.15, 0.2) is 0 Å². The van der Waals surface area contributed by atoms with Crippen molar-refractivity contribution in [3.05, 3.63) is 42.2 Å². The molecule has 1 heterocycles. The highest BCUT2D eigenvalue weighted by Gasteiger charge is 2.08. The maximum atomic E-state index is 5.15. The van der Waals surface area contributed by atoms with Gasteiger partial charge in [-0.3, -0.25) is 0 Å². The first-order chi connectivity index (χ1) is 9.22. The Morgan fingerprint density at radius 2 is 2.11 bits per heavy atom. The second-order valence-corrected chi connectivity index (χ2v) is 4.78. The standard InChI is InChI=1S/C15H21N3O/c1-12(2)18-10-9-16-15(18)17-14-7-5-4-6-13(14)8-11-19-3/h4-7,9-10,12H,8,11H2,1-3H3,(H,16,17). The van der Waals surface area contributed by atoms with Gasteiger partial charge < -0.3 is 14.6 Å². The normalized spacial score (nSPS) is 10.9. The molecule has 0 aliphatic rings. The zero-order chi connectivity index (χ0) is 13.7. The maximum Gasteiger partial charge on any atom is 0.207 e. The van der Waals surface area contributed by atoms with Crippen molar-refractivity contribution in [3.63, 3.8) is 0 Å². The Morgan fingerprint density at radius 3 is 2.84 bits per heavy atom. The Kier molecular flexibility index (Phi) is 4.58. The molecule has 0 fully saturated rings. The number of imidazole rings is 1. The second kappa shape index (κ2) is 6.38. The molecule has 102 valence electrons. The molecule has 0 aliphatic carbocycles. The summed E-state index contributed by atoms with van der Waals surface area (Å²) in [6.45, 7) is 5.00. The molecule has 4 nitrogen and oxygen atoms in total. The zero-order valence-corrected chi connectivity index (χ0v) is 11.8. The molecule has 2 aromatic rings. The Hall–Kier alpha value is -1.81. The smallest absolute Gasteiger partial charge is 0.207 e. The predicted octanol–water partition coefficient (Wildman–Crippen LogP) is 3.40. The van der Waals surface area contributed by atoms with E-state index in [0.29, 0.717) is 6.04 Å². The van der Waals surface area contributed by atoms with Gasteiger partial charge in [0.1, 0.15) is 0 Å². The van der Waals surface area contributed by atoms with Gasteiger partial charge in [-0.05, 0) is 31.9 Å². The highest BCUT2D eigenvalue weighted by atomic mass is 16.5. The molecule has 2 rings (SSSR count). The third-order valence-corrected chi connectivity index (χ3v) is 3.06. The Bertz CT molecular complexity index is 520. The van der Waals surface area contributed by atoms with Gasteiger partial charge in [-0.1, -0.05) is 18.2 Å². The molecule has 0 saturated carbocycles. The van der Waals surface area contributed by atoms with Crippen molar-refractivity contribution in [3.8, 4) is 0 Å². The lowest BCUT2D eigenvalue weighted by Gasteiger charge is -2.15. The van der Waals surface area contributed by atoms with Gasteiger partial charge in [0.05, 0.1) is 6.61 Å². The van der Waals surface area contributed by atoms with Crippen LogP contribution in [0.5, 0.6) is 0 Å². The molecular formula is C15H21N3O. The van der Waals surface area contributed by atoms with E-state index >= 15 is 0 Å². The number of hydrogen-bond donors (Lipinski definition) is 1. The average molecular weight is 259 g/mol. The lowest BCUT2D eigenvalue weighted by atomic mass is 10.1. The van der Waals surface area contributed by atoms with Crippen LogP contribution >= 0.6 is 0 Å². The first kappa shape index (κ1) is 13.6. The van der Waals surface area contributed by atoms with Crippen molar-refractivity contribution in [2.45, 2.75) is 26.3 Å². The summed E-state index contributed by atoms with van der Waals surface area (Å²) in [5, 5.41) is 3.41. The Morgan fingerprint density at radius 1 is 1.32 bits per heavy atom. The number of nitrogens with zero attached hydrogens (tertiary/aromatic N) is 2. The quantitative estimate of drug-likeness (QED) is 0.864. The summed E-state index contributed by atoms with van der Waals surface area (Å²) in [4.78, 5) is 4.37. The fraction of sp³-hybridized carbons (Fsp3) is 0.400. The lowest BCUT2D eigenvalue weighted by molar-refractivity contribution is 0.202. The molecule has 0 radical (unpaired) electrons. The Labute approximate surface area is 114 Å². The summed E-state index contributed by atoms with van der Waals surface area (Å²) < 4.78 is 7.27. The minimum atomic E-state index is 0.385. The van der Waals surface area contributed by atoms with Crippen LogP contribution in [-0.2, 0) is 11.2 Å². The van der Waals surface area contributed by atoms with Crippen molar-refractivity contribution in [2.75, 3.05) is 19.0 Å². The minimum Gasteiger partial charge on any atom is -0.384 e. The fourth-order valence-corrected chi connectivity index (χ4v) is 2.02. The summed E-state index contributed by atoms with van der Waals surface area (Å²) in [6, 6.07) is 8.65. The van der Waals surface area contributed by atoms with E-state index in [1.54, 1.807) is 7.11 Å². The molecule has 0 atom stereocenters. The van der Waals surface area contributed by atoms with Crippen molar-refractivity contribution < 1.29 is 4.74 Å². The van der Waals surface area contributed by atoms with Crippen molar-refractivity contribution in [1.29, 1.82) is 0 Å². The fourth-order valence-electron chi connectivity index (χ4n) is 2.02. The number of para-hydroxylation sites is 1. The van der Waals surface area contributed by atoms with E-state index in [2.05, 4.69) is 40.8 Å². The highest BCUT2D eigenvalue weighted by molar-refractivity contribution is 5.58. The van der Waals surface area contributed by atoms with Gasteiger partial charge >= 0.3 is 0 Å². The van der Waals surface area contributed by atoms with Crippen molar-refractivity contribution in [2.24, 2.45) is 0 Å². The lowest BCUT2D eigenvalue weighted by Crippen LogP contribution is -2.07.